The first-order valence-corrected chi connectivity index (χ1v) is 6.51. The molecule has 0 N–H and O–H groups in total. The molecule has 0 saturated heterocycles. The van der Waals surface area contributed by atoms with Crippen LogP contribution in [0.3, 0.4) is 0 Å². The van der Waals surface area contributed by atoms with Crippen molar-refractivity contribution in [2.24, 2.45) is 0 Å². The maximum Gasteiger partial charge on any atom is 0.227 e. The van der Waals surface area contributed by atoms with Gasteiger partial charge < -0.3 is 4.74 Å². The van der Waals surface area contributed by atoms with E-state index < -0.39 is 11.6 Å². The number of hydrogen-bond donors (Lipinski definition) is 0. The molecule has 0 amide bonds. The van der Waals surface area contributed by atoms with Crippen molar-refractivity contribution in [2.75, 3.05) is 0 Å². The molecule has 0 atom stereocenters. The van der Waals surface area contributed by atoms with Crippen LogP contribution in [-0.4, -0.2) is 9.97 Å². The number of hydrogen-bond acceptors (Lipinski definition) is 3. The van der Waals surface area contributed by atoms with Gasteiger partial charge in [0.25, 0.3) is 0 Å². The van der Waals surface area contributed by atoms with Gasteiger partial charge in [0.05, 0.1) is 5.56 Å². The van der Waals surface area contributed by atoms with E-state index in [0.29, 0.717) is 16.5 Å². The van der Waals surface area contributed by atoms with Gasteiger partial charge in [0.15, 0.2) is 11.6 Å². The lowest BCUT2D eigenvalue weighted by Crippen LogP contribution is -1.99. The van der Waals surface area contributed by atoms with E-state index in [9.17, 15) is 8.78 Å². The van der Waals surface area contributed by atoms with Crippen molar-refractivity contribution < 1.29 is 13.5 Å². The highest BCUT2D eigenvalue weighted by Crippen LogP contribution is 2.31. The lowest BCUT2D eigenvalue weighted by atomic mass is 10.2. The Labute approximate surface area is 121 Å². The molecule has 1 aromatic carbocycles. The maximum atomic E-state index is 13.6. The second kappa shape index (κ2) is 5.79. The van der Waals surface area contributed by atoms with Gasteiger partial charge >= 0.3 is 0 Å². The summed E-state index contributed by atoms with van der Waals surface area (Å²) >= 11 is 8.95. The van der Waals surface area contributed by atoms with Crippen LogP contribution >= 0.6 is 27.5 Å². The standard InChI is InChI=1S/C12H8BrClF2N2O/c1-2-7-11(14)17-5-18-12(7)19-9-4-6(13)3-8(15)10(9)16/h3-5H,2H2,1H3. The number of ether oxygens (including phenoxy) is 1. The fourth-order valence-corrected chi connectivity index (χ4v) is 2.14. The smallest absolute Gasteiger partial charge is 0.227 e. The van der Waals surface area contributed by atoms with E-state index in [1.807, 2.05) is 6.92 Å². The molecule has 19 heavy (non-hydrogen) atoms. The molecule has 100 valence electrons. The Morgan fingerprint density at radius 2 is 2.05 bits per heavy atom. The van der Waals surface area contributed by atoms with Gasteiger partial charge in [-0.1, -0.05) is 34.5 Å². The molecule has 1 heterocycles. The number of rotatable bonds is 3. The van der Waals surface area contributed by atoms with Crippen molar-refractivity contribution in [2.45, 2.75) is 13.3 Å². The molecule has 1 aromatic heterocycles. The predicted molar refractivity (Wildman–Crippen MR) is 70.6 cm³/mol. The van der Waals surface area contributed by atoms with Crippen LogP contribution in [0.1, 0.15) is 12.5 Å². The van der Waals surface area contributed by atoms with E-state index in [-0.39, 0.29) is 16.8 Å². The van der Waals surface area contributed by atoms with Crippen molar-refractivity contribution in [1.82, 2.24) is 9.97 Å². The minimum Gasteiger partial charge on any atom is -0.435 e. The fraction of sp³-hybridized carbons (Fsp3) is 0.167. The Morgan fingerprint density at radius 3 is 2.74 bits per heavy atom. The molecule has 0 aliphatic heterocycles. The van der Waals surface area contributed by atoms with Crippen LogP contribution in [0.2, 0.25) is 5.15 Å². The summed E-state index contributed by atoms with van der Waals surface area (Å²) < 4.78 is 32.5. The highest BCUT2D eigenvalue weighted by atomic mass is 79.9. The molecular weight excluding hydrogens is 341 g/mol. The third-order valence-electron chi connectivity index (χ3n) is 2.37. The summed E-state index contributed by atoms with van der Waals surface area (Å²) in [5, 5.41) is 0.225. The normalized spacial score (nSPS) is 10.6. The third kappa shape index (κ3) is 3.01. The first kappa shape index (κ1) is 14.1. The van der Waals surface area contributed by atoms with E-state index in [2.05, 4.69) is 25.9 Å². The number of nitrogens with zero attached hydrogens (tertiary/aromatic N) is 2. The predicted octanol–water partition coefficient (Wildman–Crippen LogP) is 4.53. The molecule has 0 unspecified atom stereocenters. The second-order valence-electron chi connectivity index (χ2n) is 3.60. The van der Waals surface area contributed by atoms with Crippen molar-refractivity contribution in [1.29, 1.82) is 0 Å². The van der Waals surface area contributed by atoms with Gasteiger partial charge in [-0.2, -0.15) is 4.39 Å². The zero-order valence-corrected chi connectivity index (χ0v) is 12.1. The molecule has 0 aliphatic rings. The van der Waals surface area contributed by atoms with Crippen molar-refractivity contribution in [3.05, 3.63) is 45.3 Å². The maximum absolute atomic E-state index is 13.6. The molecule has 2 aromatic rings. The minimum atomic E-state index is -1.08. The van der Waals surface area contributed by atoms with Crippen LogP contribution < -0.4 is 4.74 Å². The summed E-state index contributed by atoms with van der Waals surface area (Å²) in [6.07, 6.45) is 1.70. The Balaban J connectivity index is 2.45. The Morgan fingerprint density at radius 1 is 1.32 bits per heavy atom. The highest BCUT2D eigenvalue weighted by Gasteiger charge is 2.16. The largest absolute Gasteiger partial charge is 0.435 e. The van der Waals surface area contributed by atoms with E-state index in [0.717, 1.165) is 6.07 Å². The molecule has 0 radical (unpaired) electrons. The number of benzene rings is 1. The van der Waals surface area contributed by atoms with Crippen molar-refractivity contribution in [3.8, 4) is 11.6 Å². The van der Waals surface area contributed by atoms with Gasteiger partial charge in [-0.05, 0) is 18.6 Å². The first-order chi connectivity index (χ1) is 9.02. The van der Waals surface area contributed by atoms with Gasteiger partial charge in [-0.3, -0.25) is 0 Å². The van der Waals surface area contributed by atoms with Crippen LogP contribution in [0.25, 0.3) is 0 Å². The van der Waals surface area contributed by atoms with Gasteiger partial charge in [0.2, 0.25) is 11.7 Å². The SMILES string of the molecule is CCc1c(Cl)ncnc1Oc1cc(Br)cc(F)c1F. The van der Waals surface area contributed by atoms with Crippen LogP contribution in [-0.2, 0) is 6.42 Å². The topological polar surface area (TPSA) is 35.0 Å². The van der Waals surface area contributed by atoms with Gasteiger partial charge in [-0.25, -0.2) is 14.4 Å². The lowest BCUT2D eigenvalue weighted by molar-refractivity contribution is 0.401. The van der Waals surface area contributed by atoms with E-state index in [1.54, 1.807) is 0 Å². The molecule has 0 bridgehead atoms. The van der Waals surface area contributed by atoms with Crippen molar-refractivity contribution >= 4 is 27.5 Å². The molecule has 3 nitrogen and oxygen atoms in total. The molecule has 7 heteroatoms. The number of aromatic nitrogens is 2. The van der Waals surface area contributed by atoms with Gasteiger partial charge in [0, 0.05) is 4.47 Å². The average Bonchev–Trinajstić information content (AvgIpc) is 2.35. The monoisotopic (exact) mass is 348 g/mol. The second-order valence-corrected chi connectivity index (χ2v) is 4.88. The zero-order valence-electron chi connectivity index (χ0n) is 9.75. The lowest BCUT2D eigenvalue weighted by Gasteiger charge is -2.10. The van der Waals surface area contributed by atoms with Crippen LogP contribution in [0.4, 0.5) is 8.78 Å². The van der Waals surface area contributed by atoms with Crippen LogP contribution in [0, 0.1) is 11.6 Å². The molecule has 0 fully saturated rings. The summed E-state index contributed by atoms with van der Waals surface area (Å²) in [4.78, 5) is 7.69. The van der Waals surface area contributed by atoms with E-state index in [1.165, 1.54) is 12.4 Å². The van der Waals surface area contributed by atoms with Crippen molar-refractivity contribution in [3.63, 3.8) is 0 Å². The highest BCUT2D eigenvalue weighted by molar-refractivity contribution is 9.10. The quantitative estimate of drug-likeness (QED) is 0.603. The summed E-state index contributed by atoms with van der Waals surface area (Å²) in [5.74, 6) is -2.25. The van der Waals surface area contributed by atoms with Crippen LogP contribution in [0.5, 0.6) is 11.6 Å². The zero-order chi connectivity index (χ0) is 14.0. The Bertz CT molecular complexity index is 625. The molecule has 2 rings (SSSR count). The Hall–Kier alpha value is -1.27. The van der Waals surface area contributed by atoms with Crippen LogP contribution in [0.15, 0.2) is 22.9 Å². The van der Waals surface area contributed by atoms with Gasteiger partial charge in [-0.15, -0.1) is 0 Å². The minimum absolute atomic E-state index is 0.110. The third-order valence-corrected chi connectivity index (χ3v) is 3.16. The average molecular weight is 350 g/mol. The molecule has 0 spiro atoms. The summed E-state index contributed by atoms with van der Waals surface area (Å²) in [7, 11) is 0. The molecular formula is C12H8BrClF2N2O. The van der Waals surface area contributed by atoms with Gasteiger partial charge in [0.1, 0.15) is 11.5 Å². The number of halogens is 4. The Kier molecular flexibility index (Phi) is 4.31. The van der Waals surface area contributed by atoms with E-state index >= 15 is 0 Å². The van der Waals surface area contributed by atoms with E-state index in [4.69, 9.17) is 16.3 Å². The fourth-order valence-electron chi connectivity index (χ4n) is 1.47. The first-order valence-electron chi connectivity index (χ1n) is 5.34. The summed E-state index contributed by atoms with van der Waals surface area (Å²) in [5.41, 5.74) is 0.531. The summed E-state index contributed by atoms with van der Waals surface area (Å²) in [6.45, 7) is 1.83. The summed E-state index contributed by atoms with van der Waals surface area (Å²) in [6, 6.07) is 2.32. The molecule has 0 saturated carbocycles. The molecule has 0 aliphatic carbocycles.